The van der Waals surface area contributed by atoms with Crippen molar-refractivity contribution in [1.82, 2.24) is 0 Å². The zero-order valence-corrected chi connectivity index (χ0v) is 14.7. The van der Waals surface area contributed by atoms with Crippen LogP contribution in [0.1, 0.15) is 30.0 Å². The maximum Gasteiger partial charge on any atom is 0.311 e. The monoisotopic (exact) mass is 337 g/mol. The average molecular weight is 337 g/mol. The van der Waals surface area contributed by atoms with Gasteiger partial charge in [0.2, 0.25) is 5.91 Å². The number of rotatable bonds is 5. The fourth-order valence-electron chi connectivity index (χ4n) is 3.13. The molecule has 1 aliphatic heterocycles. The lowest BCUT2D eigenvalue weighted by Gasteiger charge is -2.19. The summed E-state index contributed by atoms with van der Waals surface area (Å²) in [7, 11) is 0. The molecule has 0 aromatic heterocycles. The lowest BCUT2D eigenvalue weighted by atomic mass is 10.1. The molecule has 4 heteroatoms. The van der Waals surface area contributed by atoms with Crippen LogP contribution in [0.2, 0.25) is 0 Å². The summed E-state index contributed by atoms with van der Waals surface area (Å²) < 4.78 is 5.42. The van der Waals surface area contributed by atoms with Crippen LogP contribution in [0.5, 0.6) is 0 Å². The number of ether oxygens (including phenoxy) is 1. The molecule has 1 saturated heterocycles. The standard InChI is InChI=1S/C21H23NO3/c1-3-17-6-4-5-7-19(17)22-13-18(12-20(22)23)21(24)25-14-16-10-8-15(2)9-11-16/h4-11,18H,3,12-14H2,1-2H3/t18-/m1/s1. The summed E-state index contributed by atoms with van der Waals surface area (Å²) in [6, 6.07) is 15.7. The topological polar surface area (TPSA) is 46.6 Å². The first-order valence-corrected chi connectivity index (χ1v) is 8.69. The summed E-state index contributed by atoms with van der Waals surface area (Å²) in [4.78, 5) is 26.5. The quantitative estimate of drug-likeness (QED) is 0.782. The first kappa shape index (κ1) is 17.2. The van der Waals surface area contributed by atoms with Gasteiger partial charge in [0.25, 0.3) is 0 Å². The Labute approximate surface area is 148 Å². The second-order valence-electron chi connectivity index (χ2n) is 6.48. The van der Waals surface area contributed by atoms with E-state index in [9.17, 15) is 9.59 Å². The summed E-state index contributed by atoms with van der Waals surface area (Å²) in [5, 5.41) is 0. The summed E-state index contributed by atoms with van der Waals surface area (Å²) >= 11 is 0. The van der Waals surface area contributed by atoms with E-state index in [0.717, 1.165) is 23.2 Å². The van der Waals surface area contributed by atoms with Gasteiger partial charge in [0, 0.05) is 18.7 Å². The number of para-hydroxylation sites is 1. The summed E-state index contributed by atoms with van der Waals surface area (Å²) in [6.07, 6.45) is 1.06. The Kier molecular flexibility index (Phi) is 5.17. The molecule has 1 atom stereocenters. The van der Waals surface area contributed by atoms with Crippen molar-refractivity contribution >= 4 is 17.6 Å². The lowest BCUT2D eigenvalue weighted by Crippen LogP contribution is -2.27. The van der Waals surface area contributed by atoms with Crippen LogP contribution in [0.15, 0.2) is 48.5 Å². The van der Waals surface area contributed by atoms with Crippen LogP contribution in [0, 0.1) is 12.8 Å². The van der Waals surface area contributed by atoms with E-state index in [-0.39, 0.29) is 24.9 Å². The molecule has 1 heterocycles. The van der Waals surface area contributed by atoms with Gasteiger partial charge in [-0.3, -0.25) is 9.59 Å². The van der Waals surface area contributed by atoms with Gasteiger partial charge in [0.05, 0.1) is 5.92 Å². The van der Waals surface area contributed by atoms with Crippen molar-refractivity contribution in [1.29, 1.82) is 0 Å². The number of carbonyl (C=O) groups excluding carboxylic acids is 2. The van der Waals surface area contributed by atoms with Gasteiger partial charge in [0.1, 0.15) is 6.61 Å². The molecule has 1 amide bonds. The molecule has 130 valence electrons. The van der Waals surface area contributed by atoms with E-state index < -0.39 is 5.92 Å². The second-order valence-corrected chi connectivity index (χ2v) is 6.48. The molecule has 2 aromatic carbocycles. The number of amides is 1. The molecule has 2 aromatic rings. The predicted molar refractivity (Wildman–Crippen MR) is 97.3 cm³/mol. The highest BCUT2D eigenvalue weighted by atomic mass is 16.5. The lowest BCUT2D eigenvalue weighted by molar-refractivity contribution is -0.149. The number of aryl methyl sites for hydroxylation is 2. The zero-order chi connectivity index (χ0) is 17.8. The highest BCUT2D eigenvalue weighted by molar-refractivity contribution is 6.00. The smallest absolute Gasteiger partial charge is 0.311 e. The Hall–Kier alpha value is -2.62. The van der Waals surface area contributed by atoms with Crippen molar-refractivity contribution in [3.05, 3.63) is 65.2 Å². The molecule has 0 spiro atoms. The van der Waals surface area contributed by atoms with Gasteiger partial charge in [-0.2, -0.15) is 0 Å². The SMILES string of the molecule is CCc1ccccc1N1C[C@H](C(=O)OCc2ccc(C)cc2)CC1=O. The van der Waals surface area contributed by atoms with E-state index in [1.54, 1.807) is 4.90 Å². The molecule has 0 unspecified atom stereocenters. The Morgan fingerprint density at radius 1 is 1.16 bits per heavy atom. The highest BCUT2D eigenvalue weighted by Crippen LogP contribution is 2.29. The third-order valence-corrected chi connectivity index (χ3v) is 4.62. The number of hydrogen-bond acceptors (Lipinski definition) is 3. The van der Waals surface area contributed by atoms with Crippen LogP contribution >= 0.6 is 0 Å². The van der Waals surface area contributed by atoms with Crippen molar-refractivity contribution in [3.8, 4) is 0 Å². The van der Waals surface area contributed by atoms with E-state index in [1.807, 2.05) is 55.5 Å². The number of nitrogens with zero attached hydrogens (tertiary/aromatic N) is 1. The van der Waals surface area contributed by atoms with Gasteiger partial charge in [-0.1, -0.05) is 55.0 Å². The maximum atomic E-state index is 12.4. The van der Waals surface area contributed by atoms with E-state index in [1.165, 1.54) is 5.56 Å². The molecule has 0 aliphatic carbocycles. The maximum absolute atomic E-state index is 12.4. The Balaban J connectivity index is 1.63. The average Bonchev–Trinajstić information content (AvgIpc) is 3.02. The van der Waals surface area contributed by atoms with Crippen LogP contribution in [-0.2, 0) is 27.4 Å². The predicted octanol–water partition coefficient (Wildman–Crippen LogP) is 3.65. The van der Waals surface area contributed by atoms with Crippen molar-refractivity contribution < 1.29 is 14.3 Å². The fraction of sp³-hybridized carbons (Fsp3) is 0.333. The van der Waals surface area contributed by atoms with E-state index in [4.69, 9.17) is 4.74 Å². The normalized spacial score (nSPS) is 17.0. The molecule has 0 N–H and O–H groups in total. The van der Waals surface area contributed by atoms with Gasteiger partial charge < -0.3 is 9.64 Å². The van der Waals surface area contributed by atoms with Crippen molar-refractivity contribution in [2.24, 2.45) is 5.92 Å². The highest BCUT2D eigenvalue weighted by Gasteiger charge is 2.36. The first-order valence-electron chi connectivity index (χ1n) is 8.69. The summed E-state index contributed by atoms with van der Waals surface area (Å²) in [5.41, 5.74) is 4.14. The van der Waals surface area contributed by atoms with E-state index in [0.29, 0.717) is 6.54 Å². The van der Waals surface area contributed by atoms with E-state index in [2.05, 4.69) is 6.92 Å². The Morgan fingerprint density at radius 2 is 1.88 bits per heavy atom. The molecule has 0 saturated carbocycles. The number of esters is 1. The van der Waals surface area contributed by atoms with Crippen LogP contribution in [-0.4, -0.2) is 18.4 Å². The zero-order valence-electron chi connectivity index (χ0n) is 14.7. The molecule has 0 bridgehead atoms. The first-order chi connectivity index (χ1) is 12.1. The van der Waals surface area contributed by atoms with Crippen LogP contribution in [0.25, 0.3) is 0 Å². The van der Waals surface area contributed by atoms with Gasteiger partial charge in [-0.05, 0) is 30.5 Å². The summed E-state index contributed by atoms with van der Waals surface area (Å²) in [6.45, 7) is 4.72. The molecule has 1 fully saturated rings. The number of carbonyl (C=O) groups is 2. The van der Waals surface area contributed by atoms with Crippen LogP contribution < -0.4 is 4.90 Å². The summed E-state index contributed by atoms with van der Waals surface area (Å²) in [5.74, 6) is -0.716. The van der Waals surface area contributed by atoms with Gasteiger partial charge >= 0.3 is 5.97 Å². The number of hydrogen-bond donors (Lipinski definition) is 0. The second kappa shape index (κ2) is 7.51. The fourth-order valence-corrected chi connectivity index (χ4v) is 3.13. The van der Waals surface area contributed by atoms with Crippen LogP contribution in [0.4, 0.5) is 5.69 Å². The minimum Gasteiger partial charge on any atom is -0.461 e. The third kappa shape index (κ3) is 3.90. The van der Waals surface area contributed by atoms with Gasteiger partial charge in [0.15, 0.2) is 0 Å². The number of benzene rings is 2. The van der Waals surface area contributed by atoms with Gasteiger partial charge in [-0.15, -0.1) is 0 Å². The van der Waals surface area contributed by atoms with Crippen LogP contribution in [0.3, 0.4) is 0 Å². The molecule has 3 rings (SSSR count). The molecule has 1 aliphatic rings. The van der Waals surface area contributed by atoms with Crippen molar-refractivity contribution in [3.63, 3.8) is 0 Å². The molecule has 4 nitrogen and oxygen atoms in total. The number of anilines is 1. The van der Waals surface area contributed by atoms with Crippen molar-refractivity contribution in [2.75, 3.05) is 11.4 Å². The minimum absolute atomic E-state index is 0.0156. The molecule has 25 heavy (non-hydrogen) atoms. The van der Waals surface area contributed by atoms with Crippen molar-refractivity contribution in [2.45, 2.75) is 33.3 Å². The molecular weight excluding hydrogens is 314 g/mol. The third-order valence-electron chi connectivity index (χ3n) is 4.62. The molecular formula is C21H23NO3. The largest absolute Gasteiger partial charge is 0.461 e. The van der Waals surface area contributed by atoms with Gasteiger partial charge in [-0.25, -0.2) is 0 Å². The Morgan fingerprint density at radius 3 is 2.60 bits per heavy atom. The minimum atomic E-state index is -0.400. The Bertz CT molecular complexity index is 767. The van der Waals surface area contributed by atoms with E-state index >= 15 is 0 Å². The molecule has 0 radical (unpaired) electrons.